The summed E-state index contributed by atoms with van der Waals surface area (Å²) >= 11 is 0. The third-order valence-electron chi connectivity index (χ3n) is 3.84. The van der Waals surface area contributed by atoms with E-state index < -0.39 is 10.1 Å². The number of rotatable bonds is 11. The largest absolute Gasteiger partial charge is 0.289 e. The topological polar surface area (TPSA) is 60.9 Å². The van der Waals surface area contributed by atoms with Crippen molar-refractivity contribution in [3.8, 4) is 0 Å². The van der Waals surface area contributed by atoms with Crippen LogP contribution in [0.2, 0.25) is 0 Å². The summed E-state index contributed by atoms with van der Waals surface area (Å²) in [5.41, 5.74) is 0. The van der Waals surface area contributed by atoms with E-state index in [0.717, 1.165) is 32.8 Å². The van der Waals surface area contributed by atoms with E-state index in [-0.39, 0.29) is 5.75 Å². The van der Waals surface area contributed by atoms with Crippen LogP contribution in [-0.4, -0.2) is 61.4 Å². The van der Waals surface area contributed by atoms with Crippen molar-refractivity contribution in [1.29, 1.82) is 0 Å². The van der Waals surface area contributed by atoms with Crippen molar-refractivity contribution in [2.24, 2.45) is 0 Å². The number of hydrogen-bond donors (Lipinski definition) is 1. The zero-order chi connectivity index (χ0) is 14.8. The van der Waals surface area contributed by atoms with E-state index in [2.05, 4.69) is 16.7 Å². The van der Waals surface area contributed by atoms with E-state index in [4.69, 9.17) is 4.55 Å². The lowest BCUT2D eigenvalue weighted by Crippen LogP contribution is -2.27. The fraction of sp³-hybridized carbons (Fsp3) is 1.00. The van der Waals surface area contributed by atoms with Gasteiger partial charge in [0.15, 0.2) is 0 Å². The molecule has 0 aliphatic carbocycles. The van der Waals surface area contributed by atoms with E-state index in [1.54, 1.807) is 0 Å². The molecule has 1 rings (SSSR count). The maximum atomic E-state index is 10.6. The quantitative estimate of drug-likeness (QED) is 0.468. The molecule has 0 atom stereocenters. The molecule has 5 nitrogen and oxygen atoms in total. The van der Waals surface area contributed by atoms with Crippen LogP contribution in [0.1, 0.15) is 51.9 Å². The molecule has 0 aromatic heterocycles. The van der Waals surface area contributed by atoms with Crippen LogP contribution < -0.4 is 0 Å². The third-order valence-corrected chi connectivity index (χ3v) is 4.64. The summed E-state index contributed by atoms with van der Waals surface area (Å²) < 4.78 is 30.0. The van der Waals surface area contributed by atoms with Gasteiger partial charge < -0.3 is 0 Å². The van der Waals surface area contributed by atoms with Gasteiger partial charge in [0.05, 0.1) is 12.4 Å². The molecule has 1 aliphatic rings. The Labute approximate surface area is 124 Å². The summed E-state index contributed by atoms with van der Waals surface area (Å²) in [6.45, 7) is 7.19. The Morgan fingerprint density at radius 1 is 0.900 bits per heavy atom. The van der Waals surface area contributed by atoms with Crippen molar-refractivity contribution in [3.05, 3.63) is 0 Å². The molecule has 1 N–H and O–H groups in total. The van der Waals surface area contributed by atoms with Gasteiger partial charge in [-0.3, -0.25) is 14.4 Å². The van der Waals surface area contributed by atoms with Gasteiger partial charge in [-0.15, -0.1) is 0 Å². The maximum Gasteiger partial charge on any atom is 0.264 e. The highest BCUT2D eigenvalue weighted by molar-refractivity contribution is 7.85. The second-order valence-electron chi connectivity index (χ2n) is 5.78. The molecular weight excluding hydrogens is 276 g/mol. The first-order chi connectivity index (χ1) is 9.51. The molecule has 0 amide bonds. The van der Waals surface area contributed by atoms with Gasteiger partial charge in [0.1, 0.15) is 0 Å². The lowest BCUT2D eigenvalue weighted by Gasteiger charge is -2.17. The Bertz CT molecular complexity index is 346. The molecule has 1 fully saturated rings. The van der Waals surface area contributed by atoms with Gasteiger partial charge in [-0.2, -0.15) is 8.42 Å². The first kappa shape index (κ1) is 17.9. The van der Waals surface area contributed by atoms with E-state index >= 15 is 0 Å². The third kappa shape index (κ3) is 8.89. The molecule has 0 unspecified atom stereocenters. The molecule has 1 aliphatic heterocycles. The van der Waals surface area contributed by atoms with Crippen LogP contribution in [0.25, 0.3) is 0 Å². The van der Waals surface area contributed by atoms with Crippen LogP contribution >= 0.6 is 0 Å². The van der Waals surface area contributed by atoms with Gasteiger partial charge in [-0.25, -0.2) is 0 Å². The van der Waals surface area contributed by atoms with E-state index in [0.29, 0.717) is 6.42 Å². The molecule has 120 valence electrons. The fourth-order valence-corrected chi connectivity index (χ4v) is 3.15. The van der Waals surface area contributed by atoms with Crippen LogP contribution in [0, 0.1) is 0 Å². The highest BCUT2D eigenvalue weighted by atomic mass is 32.2. The van der Waals surface area contributed by atoms with Gasteiger partial charge in [0.25, 0.3) is 10.1 Å². The highest BCUT2D eigenvalue weighted by Gasteiger charge is 2.19. The SMILES string of the molecule is CCCCCCCCN1CCN(CCCS(=O)(=O)O)C1. The standard InChI is InChI=1S/C14H30N2O3S/c1-2-3-4-5-6-7-9-15-11-12-16(14-15)10-8-13-20(17,18)19/h2-14H2,1H3,(H,17,18,19). The first-order valence-electron chi connectivity index (χ1n) is 7.91. The second-order valence-corrected chi connectivity index (χ2v) is 7.36. The van der Waals surface area contributed by atoms with Gasteiger partial charge in [-0.05, 0) is 19.4 Å². The average Bonchev–Trinajstić information content (AvgIpc) is 2.80. The van der Waals surface area contributed by atoms with Crippen molar-refractivity contribution >= 4 is 10.1 Å². The second kappa shape index (κ2) is 9.71. The minimum Gasteiger partial charge on any atom is -0.289 e. The number of hydrogen-bond acceptors (Lipinski definition) is 4. The Balaban J connectivity index is 1.99. The summed E-state index contributed by atoms with van der Waals surface area (Å²) in [6.07, 6.45) is 8.46. The molecule has 1 heterocycles. The lowest BCUT2D eigenvalue weighted by molar-refractivity contribution is 0.242. The molecule has 0 spiro atoms. The van der Waals surface area contributed by atoms with Crippen molar-refractivity contribution in [2.75, 3.05) is 38.6 Å². The Morgan fingerprint density at radius 2 is 1.45 bits per heavy atom. The van der Waals surface area contributed by atoms with E-state index in [9.17, 15) is 8.42 Å². The van der Waals surface area contributed by atoms with Crippen molar-refractivity contribution in [3.63, 3.8) is 0 Å². The predicted molar refractivity (Wildman–Crippen MR) is 82.4 cm³/mol. The first-order valence-corrected chi connectivity index (χ1v) is 9.52. The average molecular weight is 306 g/mol. The Morgan fingerprint density at radius 3 is 2.05 bits per heavy atom. The molecule has 0 aromatic carbocycles. The van der Waals surface area contributed by atoms with Crippen LogP contribution in [0.4, 0.5) is 0 Å². The lowest BCUT2D eigenvalue weighted by atomic mass is 10.1. The minimum absolute atomic E-state index is 0.124. The molecule has 0 bridgehead atoms. The normalized spacial score (nSPS) is 17.9. The van der Waals surface area contributed by atoms with Gasteiger partial charge in [-0.1, -0.05) is 39.0 Å². The molecule has 0 saturated carbocycles. The van der Waals surface area contributed by atoms with Crippen LogP contribution in [0.5, 0.6) is 0 Å². The van der Waals surface area contributed by atoms with Crippen molar-refractivity contribution in [2.45, 2.75) is 51.9 Å². The maximum absolute atomic E-state index is 10.6. The molecular formula is C14H30N2O3S. The monoisotopic (exact) mass is 306 g/mol. The zero-order valence-corrected chi connectivity index (χ0v) is 13.6. The minimum atomic E-state index is -3.79. The van der Waals surface area contributed by atoms with Gasteiger partial charge >= 0.3 is 0 Å². The molecule has 20 heavy (non-hydrogen) atoms. The summed E-state index contributed by atoms with van der Waals surface area (Å²) in [6, 6.07) is 0. The summed E-state index contributed by atoms with van der Waals surface area (Å²) in [4.78, 5) is 4.70. The molecule has 0 aromatic rings. The highest BCUT2D eigenvalue weighted by Crippen LogP contribution is 2.10. The summed E-state index contributed by atoms with van der Waals surface area (Å²) in [7, 11) is -3.79. The smallest absolute Gasteiger partial charge is 0.264 e. The van der Waals surface area contributed by atoms with Crippen LogP contribution in [-0.2, 0) is 10.1 Å². The van der Waals surface area contributed by atoms with Crippen molar-refractivity contribution < 1.29 is 13.0 Å². The van der Waals surface area contributed by atoms with Crippen molar-refractivity contribution in [1.82, 2.24) is 9.80 Å². The summed E-state index contributed by atoms with van der Waals surface area (Å²) in [5, 5.41) is 0. The molecule has 0 radical (unpaired) electrons. The predicted octanol–water partition coefficient (Wildman–Crippen LogP) is 2.20. The van der Waals surface area contributed by atoms with Gasteiger partial charge in [0, 0.05) is 19.6 Å². The van der Waals surface area contributed by atoms with Crippen LogP contribution in [0.3, 0.4) is 0 Å². The fourth-order valence-electron chi connectivity index (χ4n) is 2.66. The van der Waals surface area contributed by atoms with E-state index in [1.807, 2.05) is 0 Å². The molecule has 1 saturated heterocycles. The van der Waals surface area contributed by atoms with Crippen LogP contribution in [0.15, 0.2) is 0 Å². The Kier molecular flexibility index (Phi) is 8.68. The molecule has 6 heteroatoms. The van der Waals surface area contributed by atoms with E-state index in [1.165, 1.54) is 38.5 Å². The number of nitrogens with zero attached hydrogens (tertiary/aromatic N) is 2. The number of unbranched alkanes of at least 4 members (excludes halogenated alkanes) is 5. The Hall–Kier alpha value is -0.170. The summed E-state index contributed by atoms with van der Waals surface area (Å²) in [5.74, 6) is -0.124. The van der Waals surface area contributed by atoms with Gasteiger partial charge in [0.2, 0.25) is 0 Å². The zero-order valence-electron chi connectivity index (χ0n) is 12.8.